The van der Waals surface area contributed by atoms with E-state index >= 15 is 0 Å². The van der Waals surface area contributed by atoms with Crippen LogP contribution in [0.15, 0.2) is 18.2 Å². The first-order valence-electron chi connectivity index (χ1n) is 7.24. The molecule has 4 heteroatoms. The first-order valence-corrected chi connectivity index (χ1v) is 7.24. The number of methoxy groups -OCH3 is 2. The number of rotatable bonds is 5. The highest BCUT2D eigenvalue weighted by molar-refractivity contribution is 5.42. The lowest BCUT2D eigenvalue weighted by molar-refractivity contribution is -0.0110. The Hall–Kier alpha value is -1.42. The van der Waals surface area contributed by atoms with Gasteiger partial charge in [-0.25, -0.2) is 0 Å². The number of benzene rings is 1. The predicted octanol–water partition coefficient (Wildman–Crippen LogP) is 3.02. The highest BCUT2D eigenvalue weighted by Crippen LogP contribution is 2.33. The molecule has 1 fully saturated rings. The minimum absolute atomic E-state index is 0.148. The lowest BCUT2D eigenvalue weighted by atomic mass is 9.84. The van der Waals surface area contributed by atoms with Crippen LogP contribution in [0, 0.1) is 5.92 Å². The van der Waals surface area contributed by atoms with Gasteiger partial charge < -0.3 is 19.3 Å². The summed E-state index contributed by atoms with van der Waals surface area (Å²) >= 11 is 0. The lowest BCUT2D eigenvalue weighted by Gasteiger charge is -2.33. The van der Waals surface area contributed by atoms with Crippen molar-refractivity contribution in [1.29, 1.82) is 0 Å². The van der Waals surface area contributed by atoms with Crippen molar-refractivity contribution < 1.29 is 19.3 Å². The normalized spacial score (nSPS) is 26.1. The van der Waals surface area contributed by atoms with Gasteiger partial charge in [-0.15, -0.1) is 0 Å². The van der Waals surface area contributed by atoms with Crippen LogP contribution in [-0.4, -0.2) is 31.5 Å². The van der Waals surface area contributed by atoms with Gasteiger partial charge in [0, 0.05) is 18.2 Å². The molecule has 0 saturated heterocycles. The molecule has 4 nitrogen and oxygen atoms in total. The first kappa shape index (κ1) is 15.0. The van der Waals surface area contributed by atoms with Crippen molar-refractivity contribution >= 4 is 0 Å². The van der Waals surface area contributed by atoms with Gasteiger partial charge in [0.05, 0.1) is 20.3 Å². The number of ether oxygens (including phenoxy) is 3. The van der Waals surface area contributed by atoms with E-state index < -0.39 is 6.10 Å². The summed E-state index contributed by atoms with van der Waals surface area (Å²) < 4.78 is 16.4. The molecule has 1 saturated carbocycles. The van der Waals surface area contributed by atoms with Crippen molar-refractivity contribution in [2.45, 2.75) is 44.8 Å². The smallest absolute Gasteiger partial charge is 0.127 e. The SMILES string of the molecule is CCC1CCC(O)C(Oc2cc(OC)cc(OC)c2)C1. The summed E-state index contributed by atoms with van der Waals surface area (Å²) in [7, 11) is 3.22. The van der Waals surface area contributed by atoms with Gasteiger partial charge >= 0.3 is 0 Å². The van der Waals surface area contributed by atoms with E-state index in [9.17, 15) is 5.11 Å². The predicted molar refractivity (Wildman–Crippen MR) is 77.6 cm³/mol. The van der Waals surface area contributed by atoms with Crippen molar-refractivity contribution in [3.63, 3.8) is 0 Å². The Morgan fingerprint density at radius 3 is 2.20 bits per heavy atom. The van der Waals surface area contributed by atoms with Gasteiger partial charge in [-0.05, 0) is 25.2 Å². The molecule has 1 aliphatic carbocycles. The zero-order chi connectivity index (χ0) is 14.5. The van der Waals surface area contributed by atoms with Gasteiger partial charge in [0.15, 0.2) is 0 Å². The average Bonchev–Trinajstić information content (AvgIpc) is 2.49. The molecule has 1 aromatic carbocycles. The van der Waals surface area contributed by atoms with Gasteiger partial charge in [0.1, 0.15) is 23.4 Å². The Bertz CT molecular complexity index is 410. The maximum absolute atomic E-state index is 10.1. The maximum atomic E-state index is 10.1. The van der Waals surface area contributed by atoms with E-state index in [1.54, 1.807) is 20.3 Å². The van der Waals surface area contributed by atoms with Gasteiger partial charge in [-0.3, -0.25) is 0 Å². The highest BCUT2D eigenvalue weighted by atomic mass is 16.5. The first-order chi connectivity index (χ1) is 9.66. The van der Waals surface area contributed by atoms with E-state index in [-0.39, 0.29) is 6.10 Å². The molecule has 0 aliphatic heterocycles. The second-order valence-corrected chi connectivity index (χ2v) is 5.36. The van der Waals surface area contributed by atoms with E-state index in [1.165, 1.54) is 0 Å². The molecule has 1 aliphatic rings. The van der Waals surface area contributed by atoms with Gasteiger partial charge in [-0.2, -0.15) is 0 Å². The van der Waals surface area contributed by atoms with Gasteiger partial charge in [0.2, 0.25) is 0 Å². The third kappa shape index (κ3) is 3.57. The monoisotopic (exact) mass is 280 g/mol. The number of hydrogen-bond acceptors (Lipinski definition) is 4. The molecule has 1 aromatic rings. The van der Waals surface area contributed by atoms with Crippen LogP contribution in [0.4, 0.5) is 0 Å². The number of aliphatic hydroxyl groups is 1. The van der Waals surface area contributed by atoms with Crippen molar-refractivity contribution in [3.8, 4) is 17.2 Å². The molecule has 3 unspecified atom stereocenters. The molecule has 0 heterocycles. The summed E-state index contributed by atoms with van der Waals surface area (Å²) in [6.45, 7) is 2.19. The maximum Gasteiger partial charge on any atom is 0.127 e. The molecule has 112 valence electrons. The Labute approximate surface area is 120 Å². The molecular weight excluding hydrogens is 256 g/mol. The number of aliphatic hydroxyl groups excluding tert-OH is 1. The quantitative estimate of drug-likeness (QED) is 0.900. The minimum Gasteiger partial charge on any atom is -0.496 e. The van der Waals surface area contributed by atoms with Crippen LogP contribution < -0.4 is 14.2 Å². The average molecular weight is 280 g/mol. The van der Waals surface area contributed by atoms with Crippen molar-refractivity contribution in [1.82, 2.24) is 0 Å². The summed E-state index contributed by atoms with van der Waals surface area (Å²) in [5, 5.41) is 10.1. The highest BCUT2D eigenvalue weighted by Gasteiger charge is 2.30. The summed E-state index contributed by atoms with van der Waals surface area (Å²) in [5.74, 6) is 2.70. The van der Waals surface area contributed by atoms with E-state index in [0.717, 1.165) is 25.7 Å². The molecule has 0 amide bonds. The fourth-order valence-corrected chi connectivity index (χ4v) is 2.72. The standard InChI is InChI=1S/C16H24O4/c1-4-11-5-6-15(17)16(7-11)20-14-9-12(18-2)8-13(10-14)19-3/h8-11,15-17H,4-7H2,1-3H3. The van der Waals surface area contributed by atoms with Crippen LogP contribution in [0.5, 0.6) is 17.2 Å². The molecule has 1 N–H and O–H groups in total. The Morgan fingerprint density at radius 2 is 1.65 bits per heavy atom. The summed E-state index contributed by atoms with van der Waals surface area (Å²) in [6, 6.07) is 5.45. The fourth-order valence-electron chi connectivity index (χ4n) is 2.72. The molecule has 0 aromatic heterocycles. The molecule has 0 radical (unpaired) electrons. The van der Waals surface area contributed by atoms with Crippen LogP contribution in [0.2, 0.25) is 0 Å². The van der Waals surface area contributed by atoms with E-state index in [2.05, 4.69) is 6.92 Å². The summed E-state index contributed by atoms with van der Waals surface area (Å²) in [5.41, 5.74) is 0. The zero-order valence-electron chi connectivity index (χ0n) is 12.5. The van der Waals surface area contributed by atoms with Crippen LogP contribution >= 0.6 is 0 Å². The van der Waals surface area contributed by atoms with E-state index in [4.69, 9.17) is 14.2 Å². The Balaban J connectivity index is 2.11. The van der Waals surface area contributed by atoms with Crippen molar-refractivity contribution in [3.05, 3.63) is 18.2 Å². The van der Waals surface area contributed by atoms with Crippen molar-refractivity contribution in [2.24, 2.45) is 5.92 Å². The third-order valence-corrected chi connectivity index (χ3v) is 4.06. The van der Waals surface area contributed by atoms with Crippen LogP contribution in [0.3, 0.4) is 0 Å². The van der Waals surface area contributed by atoms with E-state index in [0.29, 0.717) is 23.2 Å². The lowest BCUT2D eigenvalue weighted by Crippen LogP contribution is -2.38. The van der Waals surface area contributed by atoms with Crippen LogP contribution in [0.1, 0.15) is 32.6 Å². The Morgan fingerprint density at radius 1 is 1.05 bits per heavy atom. The molecular formula is C16H24O4. The molecule has 3 atom stereocenters. The molecule has 0 spiro atoms. The summed E-state index contributed by atoms with van der Waals surface area (Å²) in [6.07, 6.45) is 3.38. The fraction of sp³-hybridized carbons (Fsp3) is 0.625. The third-order valence-electron chi connectivity index (χ3n) is 4.06. The van der Waals surface area contributed by atoms with Gasteiger partial charge in [0.25, 0.3) is 0 Å². The van der Waals surface area contributed by atoms with Crippen LogP contribution in [-0.2, 0) is 0 Å². The van der Waals surface area contributed by atoms with E-state index in [1.807, 2.05) is 12.1 Å². The van der Waals surface area contributed by atoms with Gasteiger partial charge in [-0.1, -0.05) is 13.3 Å². The Kier molecular flexibility index (Phi) is 5.12. The molecule has 0 bridgehead atoms. The number of hydrogen-bond donors (Lipinski definition) is 1. The topological polar surface area (TPSA) is 47.9 Å². The molecule has 2 rings (SSSR count). The van der Waals surface area contributed by atoms with Crippen LogP contribution in [0.25, 0.3) is 0 Å². The minimum atomic E-state index is -0.394. The summed E-state index contributed by atoms with van der Waals surface area (Å²) in [4.78, 5) is 0. The second-order valence-electron chi connectivity index (χ2n) is 5.36. The largest absolute Gasteiger partial charge is 0.496 e. The zero-order valence-corrected chi connectivity index (χ0v) is 12.5. The second kappa shape index (κ2) is 6.84. The molecule has 20 heavy (non-hydrogen) atoms. The van der Waals surface area contributed by atoms with Crippen molar-refractivity contribution in [2.75, 3.05) is 14.2 Å².